The third-order valence-corrected chi connectivity index (χ3v) is 4.61. The summed E-state index contributed by atoms with van der Waals surface area (Å²) in [6, 6.07) is 11.8. The zero-order valence-electron chi connectivity index (χ0n) is 13.7. The molecule has 2 aromatic heterocycles. The highest BCUT2D eigenvalue weighted by molar-refractivity contribution is 7.13. The molecule has 24 heavy (non-hydrogen) atoms. The lowest BCUT2D eigenvalue weighted by Gasteiger charge is -2.08. The molecule has 2 heterocycles. The number of amides is 1. The molecular formula is C19H19N3OS. The molecule has 1 aromatic carbocycles. The van der Waals surface area contributed by atoms with Gasteiger partial charge in [0, 0.05) is 23.7 Å². The summed E-state index contributed by atoms with van der Waals surface area (Å²) in [5.41, 5.74) is 4.94. The predicted molar refractivity (Wildman–Crippen MR) is 98.2 cm³/mol. The van der Waals surface area contributed by atoms with Gasteiger partial charge in [-0.2, -0.15) is 0 Å². The molecule has 0 fully saturated rings. The molecule has 0 bridgehead atoms. The molecule has 0 radical (unpaired) electrons. The van der Waals surface area contributed by atoms with Crippen LogP contribution in [-0.2, 0) is 11.2 Å². The highest BCUT2D eigenvalue weighted by atomic mass is 32.1. The lowest BCUT2D eigenvalue weighted by atomic mass is 10.1. The van der Waals surface area contributed by atoms with E-state index in [1.54, 1.807) is 17.5 Å². The van der Waals surface area contributed by atoms with Crippen molar-refractivity contribution in [1.29, 1.82) is 0 Å². The molecule has 0 saturated heterocycles. The topological polar surface area (TPSA) is 54.9 Å². The molecule has 1 N–H and O–H groups in total. The van der Waals surface area contributed by atoms with Crippen molar-refractivity contribution in [1.82, 2.24) is 9.97 Å². The van der Waals surface area contributed by atoms with Gasteiger partial charge in [0.15, 0.2) is 0 Å². The maximum absolute atomic E-state index is 12.2. The predicted octanol–water partition coefficient (Wildman–Crippen LogP) is 4.39. The van der Waals surface area contributed by atoms with Crippen molar-refractivity contribution < 1.29 is 4.79 Å². The molecule has 0 aliphatic carbocycles. The fourth-order valence-electron chi connectivity index (χ4n) is 2.44. The summed E-state index contributed by atoms with van der Waals surface area (Å²) in [4.78, 5) is 21.0. The van der Waals surface area contributed by atoms with Gasteiger partial charge >= 0.3 is 0 Å². The molecule has 0 atom stereocenters. The van der Waals surface area contributed by atoms with Crippen molar-refractivity contribution in [3.05, 3.63) is 64.8 Å². The average Bonchev–Trinajstić information content (AvgIpc) is 3.05. The number of anilines is 1. The fourth-order valence-corrected chi connectivity index (χ4v) is 3.27. The van der Waals surface area contributed by atoms with Crippen LogP contribution in [0.5, 0.6) is 0 Å². The van der Waals surface area contributed by atoms with Crippen LogP contribution in [0.2, 0.25) is 0 Å². The van der Waals surface area contributed by atoms with Crippen molar-refractivity contribution in [2.75, 3.05) is 5.32 Å². The zero-order valence-corrected chi connectivity index (χ0v) is 14.6. The van der Waals surface area contributed by atoms with Crippen molar-refractivity contribution in [3.8, 4) is 10.7 Å². The summed E-state index contributed by atoms with van der Waals surface area (Å²) in [6.07, 6.45) is 2.80. The van der Waals surface area contributed by atoms with Crippen LogP contribution in [0.4, 0.5) is 5.69 Å². The molecule has 0 spiro atoms. The number of hydrogen-bond acceptors (Lipinski definition) is 4. The van der Waals surface area contributed by atoms with Crippen molar-refractivity contribution in [2.45, 2.75) is 26.7 Å². The number of thiazole rings is 1. The molecule has 0 saturated carbocycles. The van der Waals surface area contributed by atoms with E-state index in [0.717, 1.165) is 27.6 Å². The number of hydrogen-bond donors (Lipinski definition) is 1. The van der Waals surface area contributed by atoms with Crippen molar-refractivity contribution in [2.24, 2.45) is 0 Å². The molecule has 4 nitrogen and oxygen atoms in total. The highest BCUT2D eigenvalue weighted by Gasteiger charge is 2.09. The van der Waals surface area contributed by atoms with E-state index in [4.69, 9.17) is 0 Å². The van der Waals surface area contributed by atoms with E-state index in [9.17, 15) is 4.79 Å². The van der Waals surface area contributed by atoms with Gasteiger partial charge in [0.05, 0.1) is 11.4 Å². The first-order valence-electron chi connectivity index (χ1n) is 7.85. The molecular weight excluding hydrogens is 318 g/mol. The number of nitrogens with one attached hydrogen (secondary N) is 1. The largest absolute Gasteiger partial charge is 0.326 e. The minimum Gasteiger partial charge on any atom is -0.326 e. The number of benzene rings is 1. The Morgan fingerprint density at radius 3 is 2.83 bits per heavy atom. The number of pyridine rings is 1. The Kier molecular flexibility index (Phi) is 5.01. The van der Waals surface area contributed by atoms with Crippen LogP contribution in [0.1, 0.15) is 23.2 Å². The maximum Gasteiger partial charge on any atom is 0.224 e. The first-order chi connectivity index (χ1) is 11.6. The van der Waals surface area contributed by atoms with Crippen LogP contribution in [0.25, 0.3) is 10.7 Å². The minimum atomic E-state index is 0.00865. The Bertz CT molecular complexity index is 843. The first kappa shape index (κ1) is 16.3. The number of rotatable bonds is 5. The van der Waals surface area contributed by atoms with Crippen LogP contribution >= 0.6 is 11.3 Å². The number of aromatic nitrogens is 2. The van der Waals surface area contributed by atoms with Crippen molar-refractivity contribution >= 4 is 22.9 Å². The minimum absolute atomic E-state index is 0.00865. The quantitative estimate of drug-likeness (QED) is 0.751. The molecule has 1 amide bonds. The summed E-state index contributed by atoms with van der Waals surface area (Å²) in [7, 11) is 0. The molecule has 5 heteroatoms. The van der Waals surface area contributed by atoms with Gasteiger partial charge in [0.1, 0.15) is 5.01 Å². The number of nitrogens with zero attached hydrogens (tertiary/aromatic N) is 2. The van der Waals surface area contributed by atoms with Crippen LogP contribution in [0.3, 0.4) is 0 Å². The van der Waals surface area contributed by atoms with E-state index in [2.05, 4.69) is 21.4 Å². The second-order valence-electron chi connectivity index (χ2n) is 5.73. The average molecular weight is 337 g/mol. The SMILES string of the molecule is Cc1ccc(NC(=O)CCc2csc(-c3ccccn3)n2)c(C)c1. The van der Waals surface area contributed by atoms with Gasteiger partial charge in [-0.1, -0.05) is 23.8 Å². The van der Waals surface area contributed by atoms with E-state index < -0.39 is 0 Å². The van der Waals surface area contributed by atoms with Crippen LogP contribution in [0, 0.1) is 13.8 Å². The summed E-state index contributed by atoms with van der Waals surface area (Å²) in [5.74, 6) is 0.00865. The monoisotopic (exact) mass is 337 g/mol. The van der Waals surface area contributed by atoms with E-state index >= 15 is 0 Å². The molecule has 0 aliphatic rings. The Hall–Kier alpha value is -2.53. The number of carbonyl (C=O) groups excluding carboxylic acids is 1. The van der Waals surface area contributed by atoms with E-state index in [1.807, 2.05) is 49.6 Å². The summed E-state index contributed by atoms with van der Waals surface area (Å²) < 4.78 is 0. The Labute approximate surface area is 145 Å². The molecule has 3 rings (SSSR count). The smallest absolute Gasteiger partial charge is 0.224 e. The summed E-state index contributed by atoms with van der Waals surface area (Å²) >= 11 is 1.56. The van der Waals surface area contributed by atoms with Crippen molar-refractivity contribution in [3.63, 3.8) is 0 Å². The van der Waals surface area contributed by atoms with Gasteiger partial charge in [-0.15, -0.1) is 11.3 Å². The molecule has 122 valence electrons. The van der Waals surface area contributed by atoms with Gasteiger partial charge in [-0.05, 0) is 44.0 Å². The second kappa shape index (κ2) is 7.36. The van der Waals surface area contributed by atoms with Gasteiger partial charge in [-0.25, -0.2) is 4.98 Å². The van der Waals surface area contributed by atoms with Gasteiger partial charge < -0.3 is 5.32 Å². The normalized spacial score (nSPS) is 10.6. The Morgan fingerprint density at radius 2 is 2.08 bits per heavy atom. The molecule has 0 aliphatic heterocycles. The van der Waals surface area contributed by atoms with E-state index in [1.165, 1.54) is 5.56 Å². The standard InChI is InChI=1S/C19H19N3OS/c1-13-6-8-16(14(2)11-13)22-18(23)9-7-15-12-24-19(21-15)17-5-3-4-10-20-17/h3-6,8,10-12H,7,9H2,1-2H3,(H,22,23). The van der Waals surface area contributed by atoms with Crippen LogP contribution in [0.15, 0.2) is 48.0 Å². The lowest BCUT2D eigenvalue weighted by Crippen LogP contribution is -2.13. The first-order valence-corrected chi connectivity index (χ1v) is 8.73. The highest BCUT2D eigenvalue weighted by Crippen LogP contribution is 2.22. The Morgan fingerprint density at radius 1 is 1.21 bits per heavy atom. The Balaban J connectivity index is 1.58. The second-order valence-corrected chi connectivity index (χ2v) is 6.58. The van der Waals surface area contributed by atoms with E-state index in [-0.39, 0.29) is 5.91 Å². The van der Waals surface area contributed by atoms with E-state index in [0.29, 0.717) is 12.8 Å². The third-order valence-electron chi connectivity index (χ3n) is 3.70. The summed E-state index contributed by atoms with van der Waals surface area (Å²) in [5, 5.41) is 5.85. The maximum atomic E-state index is 12.2. The van der Waals surface area contributed by atoms with Gasteiger partial charge in [-0.3, -0.25) is 9.78 Å². The zero-order chi connectivity index (χ0) is 16.9. The van der Waals surface area contributed by atoms with Crippen LogP contribution < -0.4 is 5.32 Å². The third kappa shape index (κ3) is 4.06. The van der Waals surface area contributed by atoms with Gasteiger partial charge in [0.25, 0.3) is 0 Å². The van der Waals surface area contributed by atoms with Crippen LogP contribution in [-0.4, -0.2) is 15.9 Å². The number of aryl methyl sites for hydroxylation is 3. The molecule has 3 aromatic rings. The molecule has 0 unspecified atom stereocenters. The number of carbonyl (C=O) groups is 1. The fraction of sp³-hybridized carbons (Fsp3) is 0.211. The van der Waals surface area contributed by atoms with Gasteiger partial charge in [0.2, 0.25) is 5.91 Å². The summed E-state index contributed by atoms with van der Waals surface area (Å²) in [6.45, 7) is 4.04. The lowest BCUT2D eigenvalue weighted by molar-refractivity contribution is -0.116.